The normalized spacial score (nSPS) is 11.8. The molecule has 0 atom stereocenters. The highest BCUT2D eigenvalue weighted by molar-refractivity contribution is 6.79. The largest absolute Gasteiger partial charge is 0.0843 e. The molecule has 1 aromatic carbocycles. The second kappa shape index (κ2) is 6.46. The average Bonchev–Trinajstić information content (AvgIpc) is 2.34. The first-order valence-electron chi connectivity index (χ1n) is 6.40. The van der Waals surface area contributed by atoms with E-state index in [-0.39, 0.29) is 0 Å². The van der Waals surface area contributed by atoms with Crippen LogP contribution in [-0.4, -0.2) is 8.07 Å². The number of aryl methyl sites for hydroxylation is 1. The molecule has 90 valence electrons. The lowest BCUT2D eigenvalue weighted by Gasteiger charge is -2.28. The summed E-state index contributed by atoms with van der Waals surface area (Å²) in [5.41, 5.74) is 1.44. The molecule has 0 aromatic heterocycles. The second-order valence-corrected chi connectivity index (χ2v) is 10.7. The number of rotatable bonds is 6. The molecule has 0 saturated carbocycles. The quantitative estimate of drug-likeness (QED) is 0.597. The lowest BCUT2D eigenvalue weighted by molar-refractivity contribution is 1.02. The van der Waals surface area contributed by atoms with Gasteiger partial charge in [0.25, 0.3) is 0 Å². The van der Waals surface area contributed by atoms with Crippen molar-refractivity contribution in [3.63, 3.8) is 0 Å². The third-order valence-electron chi connectivity index (χ3n) is 4.11. The van der Waals surface area contributed by atoms with E-state index in [9.17, 15) is 0 Å². The minimum atomic E-state index is -0.947. The van der Waals surface area contributed by atoms with Gasteiger partial charge in [-0.15, -0.1) is 0 Å². The summed E-state index contributed by atoms with van der Waals surface area (Å²) in [5.74, 6) is 0. The molecule has 0 unspecified atom stereocenters. The lowest BCUT2D eigenvalue weighted by Crippen LogP contribution is -2.31. The minimum Gasteiger partial charge on any atom is -0.0843 e. The van der Waals surface area contributed by atoms with Crippen LogP contribution in [-0.2, 0) is 6.42 Å². The first-order valence-corrected chi connectivity index (χ1v) is 9.61. The molecule has 1 rings (SSSR count). The highest BCUT2D eigenvalue weighted by Gasteiger charge is 2.25. The van der Waals surface area contributed by atoms with Gasteiger partial charge in [-0.1, -0.05) is 68.7 Å². The van der Waals surface area contributed by atoms with Gasteiger partial charge >= 0.3 is 0 Å². The van der Waals surface area contributed by atoms with Gasteiger partial charge in [-0.05, 0) is 24.1 Å². The van der Waals surface area contributed by atoms with Gasteiger partial charge in [-0.2, -0.15) is 0 Å². The van der Waals surface area contributed by atoms with Gasteiger partial charge in [0.05, 0.1) is 8.07 Å². The standard InChI is InChI=1S/C14H23ClSi/c1-4-16(5-2,6-3)12-11-13-7-9-14(15)10-8-13/h7-10H,4-6,11-12H2,1-3H3. The van der Waals surface area contributed by atoms with Crippen LogP contribution in [0.4, 0.5) is 0 Å². The fourth-order valence-corrected chi connectivity index (χ4v) is 5.85. The smallest absolute Gasteiger partial charge is 0.0530 e. The van der Waals surface area contributed by atoms with Crippen LogP contribution >= 0.6 is 11.6 Å². The predicted octanol–water partition coefficient (Wildman–Crippen LogP) is 5.39. The number of hydrogen-bond acceptors (Lipinski definition) is 0. The van der Waals surface area contributed by atoms with Gasteiger partial charge in [0, 0.05) is 5.02 Å². The van der Waals surface area contributed by atoms with Crippen molar-refractivity contribution in [1.29, 1.82) is 0 Å². The Kier molecular flexibility index (Phi) is 5.57. The summed E-state index contributed by atoms with van der Waals surface area (Å²) in [6, 6.07) is 14.0. The molecule has 0 aliphatic heterocycles. The maximum absolute atomic E-state index is 5.89. The molecule has 0 amide bonds. The summed E-state index contributed by atoms with van der Waals surface area (Å²) in [5, 5.41) is 0.841. The maximum atomic E-state index is 5.89. The van der Waals surface area contributed by atoms with Gasteiger partial charge in [0.2, 0.25) is 0 Å². The van der Waals surface area contributed by atoms with Crippen molar-refractivity contribution in [3.05, 3.63) is 34.9 Å². The Bertz CT molecular complexity index is 293. The van der Waals surface area contributed by atoms with E-state index in [2.05, 4.69) is 32.9 Å². The van der Waals surface area contributed by atoms with E-state index < -0.39 is 8.07 Å². The summed E-state index contributed by atoms with van der Waals surface area (Å²) in [6.07, 6.45) is 1.24. The van der Waals surface area contributed by atoms with Crippen molar-refractivity contribution < 1.29 is 0 Å². The Hall–Kier alpha value is -0.273. The van der Waals surface area contributed by atoms with E-state index in [1.54, 1.807) is 0 Å². The van der Waals surface area contributed by atoms with Crippen molar-refractivity contribution in [1.82, 2.24) is 0 Å². The number of hydrogen-bond donors (Lipinski definition) is 0. The fourth-order valence-electron chi connectivity index (χ4n) is 2.34. The van der Waals surface area contributed by atoms with Crippen molar-refractivity contribution in [2.45, 2.75) is 51.4 Å². The molecule has 0 spiro atoms. The molecule has 0 heterocycles. The fraction of sp³-hybridized carbons (Fsp3) is 0.571. The Morgan fingerprint density at radius 1 is 0.938 bits per heavy atom. The first kappa shape index (κ1) is 13.8. The summed E-state index contributed by atoms with van der Waals surface area (Å²) in [4.78, 5) is 0. The molecule has 0 fully saturated rings. The van der Waals surface area contributed by atoms with Gasteiger partial charge in [-0.3, -0.25) is 0 Å². The SMILES string of the molecule is CC[Si](CC)(CC)CCc1ccc(Cl)cc1. The summed E-state index contributed by atoms with van der Waals surface area (Å²) < 4.78 is 0. The van der Waals surface area contributed by atoms with E-state index in [1.165, 1.54) is 36.2 Å². The van der Waals surface area contributed by atoms with E-state index in [4.69, 9.17) is 11.6 Å². The average molecular weight is 255 g/mol. The third kappa shape index (κ3) is 3.64. The van der Waals surface area contributed by atoms with Gasteiger partial charge in [-0.25, -0.2) is 0 Å². The van der Waals surface area contributed by atoms with E-state index in [0.29, 0.717) is 0 Å². The molecule has 0 N–H and O–H groups in total. The highest BCUT2D eigenvalue weighted by Crippen LogP contribution is 2.27. The summed E-state index contributed by atoms with van der Waals surface area (Å²) in [6.45, 7) is 7.13. The Labute approximate surface area is 106 Å². The molecule has 16 heavy (non-hydrogen) atoms. The molecule has 0 aliphatic rings. The van der Waals surface area contributed by atoms with E-state index >= 15 is 0 Å². The summed E-state index contributed by atoms with van der Waals surface area (Å²) >= 11 is 5.89. The second-order valence-electron chi connectivity index (χ2n) is 4.69. The Morgan fingerprint density at radius 2 is 1.44 bits per heavy atom. The van der Waals surface area contributed by atoms with Gasteiger partial charge < -0.3 is 0 Å². The van der Waals surface area contributed by atoms with Crippen LogP contribution in [0.2, 0.25) is 29.2 Å². The van der Waals surface area contributed by atoms with Crippen LogP contribution in [0.3, 0.4) is 0 Å². The van der Waals surface area contributed by atoms with Crippen molar-refractivity contribution in [2.24, 2.45) is 0 Å². The van der Waals surface area contributed by atoms with Crippen LogP contribution < -0.4 is 0 Å². The number of benzene rings is 1. The molecule has 0 radical (unpaired) electrons. The lowest BCUT2D eigenvalue weighted by atomic mass is 10.2. The number of halogens is 1. The molecule has 0 aliphatic carbocycles. The van der Waals surface area contributed by atoms with Crippen LogP contribution in [0.25, 0.3) is 0 Å². The molecule has 0 nitrogen and oxygen atoms in total. The van der Waals surface area contributed by atoms with Gasteiger partial charge in [0.1, 0.15) is 0 Å². The van der Waals surface area contributed by atoms with Crippen LogP contribution in [0.1, 0.15) is 26.3 Å². The molecule has 2 heteroatoms. The highest BCUT2D eigenvalue weighted by atomic mass is 35.5. The molecule has 0 bridgehead atoms. The predicted molar refractivity (Wildman–Crippen MR) is 77.2 cm³/mol. The molecule has 1 aromatic rings. The van der Waals surface area contributed by atoms with Crippen molar-refractivity contribution in [2.75, 3.05) is 0 Å². The topological polar surface area (TPSA) is 0 Å². The van der Waals surface area contributed by atoms with E-state index in [1.807, 2.05) is 12.1 Å². The van der Waals surface area contributed by atoms with E-state index in [0.717, 1.165) is 5.02 Å². The zero-order chi connectivity index (χ0) is 12.0. The first-order chi connectivity index (χ1) is 7.65. The van der Waals surface area contributed by atoms with Crippen molar-refractivity contribution >= 4 is 19.7 Å². The zero-order valence-electron chi connectivity index (χ0n) is 10.7. The van der Waals surface area contributed by atoms with Gasteiger partial charge in [0.15, 0.2) is 0 Å². The van der Waals surface area contributed by atoms with Crippen LogP contribution in [0.5, 0.6) is 0 Å². The molecular weight excluding hydrogens is 232 g/mol. The summed E-state index contributed by atoms with van der Waals surface area (Å²) in [7, 11) is -0.947. The van der Waals surface area contributed by atoms with Crippen LogP contribution in [0, 0.1) is 0 Å². The molecular formula is C14H23ClSi. The monoisotopic (exact) mass is 254 g/mol. The van der Waals surface area contributed by atoms with Crippen molar-refractivity contribution in [3.8, 4) is 0 Å². The zero-order valence-corrected chi connectivity index (χ0v) is 12.5. The third-order valence-corrected chi connectivity index (χ3v) is 10.2. The minimum absolute atomic E-state index is 0.841. The molecule has 0 saturated heterocycles. The van der Waals surface area contributed by atoms with Crippen LogP contribution in [0.15, 0.2) is 24.3 Å². The Morgan fingerprint density at radius 3 is 1.88 bits per heavy atom. The Balaban J connectivity index is 2.58. The maximum Gasteiger partial charge on any atom is 0.0530 e.